The lowest BCUT2D eigenvalue weighted by molar-refractivity contribution is -0.123. The van der Waals surface area contributed by atoms with Crippen LogP contribution >= 0.6 is 0 Å². The van der Waals surface area contributed by atoms with E-state index in [-0.39, 0.29) is 11.7 Å². The summed E-state index contributed by atoms with van der Waals surface area (Å²) in [5.74, 6) is -0.215. The molecule has 116 valence electrons. The van der Waals surface area contributed by atoms with Crippen molar-refractivity contribution in [3.63, 3.8) is 0 Å². The van der Waals surface area contributed by atoms with Crippen LogP contribution in [0.15, 0.2) is 5.16 Å². The highest BCUT2D eigenvalue weighted by molar-refractivity contribution is 6.12. The zero-order chi connectivity index (χ0) is 15.5. The Bertz CT molecular complexity index is 522. The summed E-state index contributed by atoms with van der Waals surface area (Å²) in [5, 5.41) is 22.0. The molecule has 7 heteroatoms. The van der Waals surface area contributed by atoms with Crippen LogP contribution in [0, 0.1) is 19.3 Å². The molecule has 5 N–H and O–H groups in total. The zero-order valence-corrected chi connectivity index (χ0v) is 12.6. The molecule has 1 aromatic rings. The topological polar surface area (TPSA) is 116 Å². The Hall–Kier alpha value is -2.05. The third kappa shape index (κ3) is 2.86. The van der Waals surface area contributed by atoms with Crippen molar-refractivity contribution in [3.8, 4) is 0 Å². The van der Waals surface area contributed by atoms with Gasteiger partial charge in [0.1, 0.15) is 5.41 Å². The smallest absolute Gasteiger partial charge is 0.238 e. The minimum atomic E-state index is -0.929. The molecule has 0 bridgehead atoms. The minimum absolute atomic E-state index is 0.000649. The van der Waals surface area contributed by atoms with Crippen LogP contribution in [0.5, 0.6) is 0 Å². The average molecular weight is 293 g/mol. The Morgan fingerprint density at radius 3 is 2.43 bits per heavy atom. The molecule has 2 rings (SSSR count). The molecule has 0 aromatic carbocycles. The van der Waals surface area contributed by atoms with Gasteiger partial charge in [-0.3, -0.25) is 9.89 Å². The van der Waals surface area contributed by atoms with Crippen molar-refractivity contribution in [2.75, 3.05) is 5.32 Å². The Labute approximate surface area is 124 Å². The van der Waals surface area contributed by atoms with Gasteiger partial charge in [0.15, 0.2) is 5.84 Å². The van der Waals surface area contributed by atoms with E-state index in [0.717, 1.165) is 37.1 Å². The molecular formula is C14H23N5O2. The molecule has 0 aliphatic heterocycles. The molecule has 0 unspecified atom stereocenters. The second-order valence-corrected chi connectivity index (χ2v) is 5.74. The van der Waals surface area contributed by atoms with Gasteiger partial charge in [0.05, 0.1) is 17.1 Å². The first-order chi connectivity index (χ1) is 10.0. The number of anilines is 1. The number of nitrogens with one attached hydrogen (secondary N) is 2. The molecule has 1 amide bonds. The monoisotopic (exact) mass is 293 g/mol. The highest BCUT2D eigenvalue weighted by Crippen LogP contribution is 2.37. The summed E-state index contributed by atoms with van der Waals surface area (Å²) in [6, 6.07) is 0. The summed E-state index contributed by atoms with van der Waals surface area (Å²) in [6.07, 6.45) is 5.13. The number of amides is 1. The molecule has 1 aromatic heterocycles. The number of nitrogens with two attached hydrogens (primary N) is 1. The SMILES string of the molecule is Cc1n[nH]c(C)c1NC(=O)C1(C(N)=NO)CCCCCC1. The van der Waals surface area contributed by atoms with Gasteiger partial charge in [-0.25, -0.2) is 0 Å². The van der Waals surface area contributed by atoms with Gasteiger partial charge >= 0.3 is 0 Å². The molecule has 7 nitrogen and oxygen atoms in total. The summed E-state index contributed by atoms with van der Waals surface area (Å²) >= 11 is 0. The Balaban J connectivity index is 2.30. The minimum Gasteiger partial charge on any atom is -0.409 e. The van der Waals surface area contributed by atoms with E-state index in [0.29, 0.717) is 18.5 Å². The molecule has 1 fully saturated rings. The van der Waals surface area contributed by atoms with Crippen molar-refractivity contribution in [3.05, 3.63) is 11.4 Å². The number of aromatic nitrogens is 2. The highest BCUT2D eigenvalue weighted by atomic mass is 16.4. The van der Waals surface area contributed by atoms with Crippen molar-refractivity contribution in [2.45, 2.75) is 52.4 Å². The summed E-state index contributed by atoms with van der Waals surface area (Å²) in [4.78, 5) is 12.8. The van der Waals surface area contributed by atoms with Crippen LogP contribution in [0.25, 0.3) is 0 Å². The van der Waals surface area contributed by atoms with Crippen LogP contribution < -0.4 is 11.1 Å². The number of aryl methyl sites for hydroxylation is 2. The van der Waals surface area contributed by atoms with Gasteiger partial charge in [-0.1, -0.05) is 30.8 Å². The van der Waals surface area contributed by atoms with Gasteiger partial charge in [0, 0.05) is 0 Å². The van der Waals surface area contributed by atoms with Crippen molar-refractivity contribution in [1.29, 1.82) is 0 Å². The molecule has 1 aliphatic rings. The molecule has 1 heterocycles. The second-order valence-electron chi connectivity index (χ2n) is 5.74. The maximum Gasteiger partial charge on any atom is 0.238 e. The molecular weight excluding hydrogens is 270 g/mol. The Kier molecular flexibility index (Phi) is 4.50. The van der Waals surface area contributed by atoms with Crippen molar-refractivity contribution >= 4 is 17.4 Å². The number of carbonyl (C=O) groups excluding carboxylic acids is 1. The lowest BCUT2D eigenvalue weighted by Crippen LogP contribution is -2.47. The van der Waals surface area contributed by atoms with Crippen molar-refractivity contribution in [2.24, 2.45) is 16.3 Å². The quantitative estimate of drug-likeness (QED) is 0.224. The van der Waals surface area contributed by atoms with Crippen LogP contribution in [-0.4, -0.2) is 27.1 Å². The van der Waals surface area contributed by atoms with Gasteiger partial charge in [-0.15, -0.1) is 0 Å². The fourth-order valence-electron chi connectivity index (χ4n) is 3.00. The lowest BCUT2D eigenvalue weighted by atomic mass is 9.78. The maximum absolute atomic E-state index is 12.8. The van der Waals surface area contributed by atoms with E-state index in [9.17, 15) is 4.79 Å². The molecule has 0 saturated heterocycles. The fourth-order valence-corrected chi connectivity index (χ4v) is 3.00. The summed E-state index contributed by atoms with van der Waals surface area (Å²) in [5.41, 5.74) is 7.14. The van der Waals surface area contributed by atoms with Gasteiger partial charge in [-0.2, -0.15) is 5.10 Å². The largest absolute Gasteiger partial charge is 0.409 e. The van der Waals surface area contributed by atoms with Gasteiger partial charge < -0.3 is 16.3 Å². The third-order valence-corrected chi connectivity index (χ3v) is 4.36. The van der Waals surface area contributed by atoms with Crippen LogP contribution in [0.3, 0.4) is 0 Å². The number of hydrogen-bond donors (Lipinski definition) is 4. The fraction of sp³-hybridized carbons (Fsp3) is 0.643. The number of amidine groups is 1. The van der Waals surface area contributed by atoms with Gasteiger partial charge in [-0.05, 0) is 26.7 Å². The first-order valence-electron chi connectivity index (χ1n) is 7.32. The average Bonchev–Trinajstić information content (AvgIpc) is 2.72. The van der Waals surface area contributed by atoms with E-state index >= 15 is 0 Å². The van der Waals surface area contributed by atoms with Crippen LogP contribution in [0.1, 0.15) is 49.9 Å². The van der Waals surface area contributed by atoms with Gasteiger partial charge in [0.2, 0.25) is 5.91 Å². The molecule has 0 atom stereocenters. The number of oxime groups is 1. The molecule has 1 saturated carbocycles. The Morgan fingerprint density at radius 1 is 1.33 bits per heavy atom. The first kappa shape index (κ1) is 15.3. The number of hydrogen-bond acceptors (Lipinski definition) is 4. The molecule has 21 heavy (non-hydrogen) atoms. The number of aromatic amines is 1. The lowest BCUT2D eigenvalue weighted by Gasteiger charge is -2.29. The summed E-state index contributed by atoms with van der Waals surface area (Å²) < 4.78 is 0. The first-order valence-corrected chi connectivity index (χ1v) is 7.32. The Morgan fingerprint density at radius 2 is 1.95 bits per heavy atom. The standard InChI is InChI=1S/C14H23N5O2/c1-9-11(10(2)18-17-9)16-13(20)14(12(15)19-21)7-5-3-4-6-8-14/h21H,3-8H2,1-2H3,(H2,15,19)(H,16,20)(H,17,18). The summed E-state index contributed by atoms with van der Waals surface area (Å²) in [7, 11) is 0. The van der Waals surface area contributed by atoms with Gasteiger partial charge in [0.25, 0.3) is 0 Å². The zero-order valence-electron chi connectivity index (χ0n) is 12.6. The van der Waals surface area contributed by atoms with E-state index in [4.69, 9.17) is 10.9 Å². The third-order valence-electron chi connectivity index (χ3n) is 4.36. The van der Waals surface area contributed by atoms with Crippen LogP contribution in [0.4, 0.5) is 5.69 Å². The number of H-pyrrole nitrogens is 1. The number of carbonyl (C=O) groups is 1. The number of nitrogens with zero attached hydrogens (tertiary/aromatic N) is 2. The molecule has 1 aliphatic carbocycles. The molecule has 0 radical (unpaired) electrons. The number of rotatable bonds is 3. The van der Waals surface area contributed by atoms with E-state index < -0.39 is 5.41 Å². The van der Waals surface area contributed by atoms with E-state index in [1.807, 2.05) is 13.8 Å². The predicted octanol–water partition coefficient (Wildman–Crippen LogP) is 2.05. The van der Waals surface area contributed by atoms with Crippen molar-refractivity contribution in [1.82, 2.24) is 10.2 Å². The normalized spacial score (nSPS) is 19.0. The van der Waals surface area contributed by atoms with E-state index in [1.165, 1.54) is 0 Å². The predicted molar refractivity (Wildman–Crippen MR) is 80.2 cm³/mol. The second kappa shape index (κ2) is 6.15. The van der Waals surface area contributed by atoms with E-state index in [2.05, 4.69) is 20.7 Å². The molecule has 0 spiro atoms. The van der Waals surface area contributed by atoms with E-state index in [1.54, 1.807) is 0 Å². The summed E-state index contributed by atoms with van der Waals surface area (Å²) in [6.45, 7) is 3.67. The van der Waals surface area contributed by atoms with Crippen molar-refractivity contribution < 1.29 is 10.0 Å². The van der Waals surface area contributed by atoms with Crippen LogP contribution in [-0.2, 0) is 4.79 Å². The maximum atomic E-state index is 12.8. The highest BCUT2D eigenvalue weighted by Gasteiger charge is 2.43. The van der Waals surface area contributed by atoms with Crippen LogP contribution in [0.2, 0.25) is 0 Å².